The summed E-state index contributed by atoms with van der Waals surface area (Å²) >= 11 is 0. The van der Waals surface area contributed by atoms with Crippen molar-refractivity contribution in [2.75, 3.05) is 7.05 Å². The number of pyridine rings is 1. The van der Waals surface area contributed by atoms with Gasteiger partial charge in [0.05, 0.1) is 34.4 Å². The van der Waals surface area contributed by atoms with Gasteiger partial charge in [-0.25, -0.2) is 25.8 Å². The monoisotopic (exact) mass is 582 g/mol. The van der Waals surface area contributed by atoms with Crippen molar-refractivity contribution < 1.29 is 22.0 Å². The first kappa shape index (κ1) is 27.3. The predicted octanol–water partition coefficient (Wildman–Crippen LogP) is 2.70. The van der Waals surface area contributed by atoms with Gasteiger partial charge in [0.25, 0.3) is 15.6 Å². The summed E-state index contributed by atoms with van der Waals surface area (Å²) in [6.45, 7) is 3.29. The summed E-state index contributed by atoms with van der Waals surface area (Å²) in [5.41, 5.74) is 1.61. The SMILES string of the molecule is Cc1ccc(S(=O)(=O)n2c(C=NO)cc3cc(C)cc(S(=O)(=O)N(C)Cc4nc5c(=O)n(C)ccc5[nH]4)c32)cc1. The van der Waals surface area contributed by atoms with Crippen molar-refractivity contribution in [1.82, 2.24) is 22.8 Å². The molecule has 0 amide bonds. The number of benzene rings is 2. The van der Waals surface area contributed by atoms with E-state index in [0.29, 0.717) is 16.5 Å². The number of hydrogen-bond donors (Lipinski definition) is 2. The molecule has 0 atom stereocenters. The molecule has 0 aliphatic rings. The van der Waals surface area contributed by atoms with Crippen LogP contribution in [-0.4, -0.2) is 58.1 Å². The highest BCUT2D eigenvalue weighted by Crippen LogP contribution is 2.33. The molecule has 3 aromatic heterocycles. The highest BCUT2D eigenvalue weighted by atomic mass is 32.2. The van der Waals surface area contributed by atoms with Gasteiger partial charge in [0.2, 0.25) is 10.0 Å². The van der Waals surface area contributed by atoms with Gasteiger partial charge in [0.15, 0.2) is 5.52 Å². The van der Waals surface area contributed by atoms with Crippen molar-refractivity contribution in [2.24, 2.45) is 12.2 Å². The molecule has 0 radical (unpaired) electrons. The van der Waals surface area contributed by atoms with Crippen molar-refractivity contribution >= 4 is 48.2 Å². The summed E-state index contributed by atoms with van der Waals surface area (Å²) in [5.74, 6) is 0.240. The van der Waals surface area contributed by atoms with Gasteiger partial charge in [0.1, 0.15) is 10.7 Å². The van der Waals surface area contributed by atoms with Crippen LogP contribution < -0.4 is 5.56 Å². The molecule has 2 N–H and O–H groups in total. The quantitative estimate of drug-likeness (QED) is 0.169. The van der Waals surface area contributed by atoms with Gasteiger partial charge in [-0.3, -0.25) is 4.79 Å². The number of rotatable bonds is 7. The van der Waals surface area contributed by atoms with E-state index in [1.807, 2.05) is 6.92 Å². The van der Waals surface area contributed by atoms with Crippen LogP contribution in [0.4, 0.5) is 0 Å². The van der Waals surface area contributed by atoms with Crippen LogP contribution in [0.1, 0.15) is 22.6 Å². The lowest BCUT2D eigenvalue weighted by atomic mass is 10.2. The fraction of sp³-hybridized carbons (Fsp3) is 0.192. The zero-order valence-electron chi connectivity index (χ0n) is 22.0. The molecule has 0 spiro atoms. The molecule has 5 aromatic rings. The Morgan fingerprint density at radius 3 is 2.42 bits per heavy atom. The highest BCUT2D eigenvalue weighted by Gasteiger charge is 2.31. The largest absolute Gasteiger partial charge is 0.411 e. The van der Waals surface area contributed by atoms with E-state index in [2.05, 4.69) is 15.1 Å². The van der Waals surface area contributed by atoms with E-state index in [1.165, 1.54) is 35.9 Å². The maximum atomic E-state index is 14.0. The second-order valence-corrected chi connectivity index (χ2v) is 13.3. The molecule has 14 heteroatoms. The Hall–Kier alpha value is -4.27. The molecule has 0 unspecified atom stereocenters. The minimum atomic E-state index is -4.32. The number of oxime groups is 1. The lowest BCUT2D eigenvalue weighted by Crippen LogP contribution is -2.28. The minimum Gasteiger partial charge on any atom is -0.411 e. The molecular weight excluding hydrogens is 556 g/mol. The number of hydrogen-bond acceptors (Lipinski definition) is 8. The second kappa shape index (κ2) is 9.73. The smallest absolute Gasteiger partial charge is 0.278 e. The lowest BCUT2D eigenvalue weighted by Gasteiger charge is -2.19. The highest BCUT2D eigenvalue weighted by molar-refractivity contribution is 7.90. The van der Waals surface area contributed by atoms with Gasteiger partial charge in [0, 0.05) is 25.7 Å². The Morgan fingerprint density at radius 1 is 1.05 bits per heavy atom. The van der Waals surface area contributed by atoms with Crippen LogP contribution >= 0.6 is 0 Å². The number of imidazole rings is 1. The summed E-state index contributed by atoms with van der Waals surface area (Å²) in [5, 5.41) is 12.6. The third-order valence-corrected chi connectivity index (χ3v) is 10.1. The number of aromatic nitrogens is 4. The van der Waals surface area contributed by atoms with E-state index in [0.717, 1.165) is 20.1 Å². The van der Waals surface area contributed by atoms with Gasteiger partial charge in [-0.1, -0.05) is 22.9 Å². The van der Waals surface area contributed by atoms with Crippen LogP contribution in [0.15, 0.2) is 74.5 Å². The number of nitrogens with zero attached hydrogens (tertiary/aromatic N) is 5. The Balaban J connectivity index is 1.69. The van der Waals surface area contributed by atoms with Gasteiger partial charge in [-0.2, -0.15) is 4.31 Å². The van der Waals surface area contributed by atoms with Crippen LogP contribution in [0.3, 0.4) is 0 Å². The van der Waals surface area contributed by atoms with E-state index in [1.54, 1.807) is 44.4 Å². The number of nitrogens with one attached hydrogen (secondary N) is 1. The molecule has 12 nitrogen and oxygen atoms in total. The summed E-state index contributed by atoms with van der Waals surface area (Å²) < 4.78 is 59.0. The minimum absolute atomic E-state index is 0.0316. The predicted molar refractivity (Wildman–Crippen MR) is 150 cm³/mol. The summed E-state index contributed by atoms with van der Waals surface area (Å²) in [4.78, 5) is 19.4. The molecule has 40 heavy (non-hydrogen) atoms. The van der Waals surface area contributed by atoms with Gasteiger partial charge < -0.3 is 14.8 Å². The first-order valence-electron chi connectivity index (χ1n) is 12.0. The Kier molecular flexibility index (Phi) is 6.64. The maximum Gasteiger partial charge on any atom is 0.278 e. The van der Waals surface area contributed by atoms with Crippen LogP contribution in [-0.2, 0) is 33.6 Å². The normalized spacial score (nSPS) is 12.8. The molecule has 0 aliphatic carbocycles. The fourth-order valence-electron chi connectivity index (χ4n) is 4.55. The second-order valence-electron chi connectivity index (χ2n) is 9.54. The molecule has 0 fully saturated rings. The Bertz CT molecular complexity index is 2090. The number of sulfonamides is 1. The van der Waals surface area contributed by atoms with Gasteiger partial charge in [-0.05, 0) is 55.8 Å². The third-order valence-electron chi connectivity index (χ3n) is 6.57. The van der Waals surface area contributed by atoms with Crippen molar-refractivity contribution in [3.05, 3.63) is 87.7 Å². The van der Waals surface area contributed by atoms with Crippen molar-refractivity contribution in [2.45, 2.75) is 30.2 Å². The van der Waals surface area contributed by atoms with E-state index >= 15 is 0 Å². The molecule has 0 saturated carbocycles. The molecular formula is C26H26N6O6S2. The molecule has 0 saturated heterocycles. The third kappa shape index (κ3) is 4.49. The molecule has 5 rings (SSSR count). The molecule has 208 valence electrons. The van der Waals surface area contributed by atoms with Crippen LogP contribution in [0.25, 0.3) is 21.9 Å². The average Bonchev–Trinajstić information content (AvgIpc) is 3.47. The molecule has 2 aromatic carbocycles. The van der Waals surface area contributed by atoms with E-state index < -0.39 is 20.0 Å². The summed E-state index contributed by atoms with van der Waals surface area (Å²) in [7, 11) is -5.71. The molecule has 3 heterocycles. The van der Waals surface area contributed by atoms with E-state index in [4.69, 9.17) is 0 Å². The lowest BCUT2D eigenvalue weighted by molar-refractivity contribution is 0.321. The van der Waals surface area contributed by atoms with E-state index in [-0.39, 0.29) is 44.4 Å². The number of fused-ring (bicyclic) bond motifs is 2. The van der Waals surface area contributed by atoms with Gasteiger partial charge in [-0.15, -0.1) is 0 Å². The van der Waals surface area contributed by atoms with Crippen LogP contribution in [0, 0.1) is 13.8 Å². The molecule has 0 bridgehead atoms. The van der Waals surface area contributed by atoms with Crippen molar-refractivity contribution in [3.8, 4) is 0 Å². The summed E-state index contributed by atoms with van der Waals surface area (Å²) in [6, 6.07) is 12.3. The van der Waals surface area contributed by atoms with Crippen molar-refractivity contribution in [3.63, 3.8) is 0 Å². The number of aryl methyl sites for hydroxylation is 3. The Labute approximate surface area is 229 Å². The van der Waals surface area contributed by atoms with Crippen molar-refractivity contribution in [1.29, 1.82) is 0 Å². The standard InChI is InChI=1S/C26H26N6O6S2/c1-16-5-7-20(8-6-16)39(35,36)32-19(14-27-34)13-18-11-17(2)12-22(25(18)32)40(37,38)31(4)15-23-28-21-9-10-30(3)26(33)24(21)29-23/h5-14,34H,15H2,1-4H3,(H,28,29). The first-order chi connectivity index (χ1) is 18.8. The average molecular weight is 583 g/mol. The fourth-order valence-corrected chi connectivity index (χ4v) is 7.53. The Morgan fingerprint density at radius 2 is 1.75 bits per heavy atom. The maximum absolute atomic E-state index is 14.0. The summed E-state index contributed by atoms with van der Waals surface area (Å²) in [6.07, 6.45) is 2.52. The number of H-pyrrole nitrogens is 1. The van der Waals surface area contributed by atoms with Crippen LogP contribution in [0.2, 0.25) is 0 Å². The topological polar surface area (TPSA) is 160 Å². The van der Waals surface area contributed by atoms with Crippen LogP contribution in [0.5, 0.6) is 0 Å². The zero-order valence-corrected chi connectivity index (χ0v) is 23.7. The van der Waals surface area contributed by atoms with Gasteiger partial charge >= 0.3 is 0 Å². The first-order valence-corrected chi connectivity index (χ1v) is 14.9. The van der Waals surface area contributed by atoms with E-state index in [9.17, 15) is 26.8 Å². The number of aromatic amines is 1. The zero-order chi connectivity index (χ0) is 29.0. The molecule has 0 aliphatic heterocycles.